The fourth-order valence-electron chi connectivity index (χ4n) is 2.93. The van der Waals surface area contributed by atoms with Crippen LogP contribution >= 0.6 is 0 Å². The van der Waals surface area contributed by atoms with Crippen LogP contribution in [0.4, 0.5) is 10.5 Å². The first-order valence-electron chi connectivity index (χ1n) is 8.61. The van der Waals surface area contributed by atoms with E-state index < -0.39 is 0 Å². The number of hydrogen-bond donors (Lipinski definition) is 2. The van der Waals surface area contributed by atoms with Gasteiger partial charge >= 0.3 is 6.03 Å². The minimum absolute atomic E-state index is 0.00127. The van der Waals surface area contributed by atoms with Gasteiger partial charge in [0.1, 0.15) is 11.5 Å². The predicted octanol–water partition coefficient (Wildman–Crippen LogP) is 3.09. The maximum Gasteiger partial charge on any atom is 0.319 e. The fourth-order valence-corrected chi connectivity index (χ4v) is 2.93. The number of nitrogens with zero attached hydrogens (tertiary/aromatic N) is 1. The predicted molar refractivity (Wildman–Crippen MR) is 96.8 cm³/mol. The van der Waals surface area contributed by atoms with Gasteiger partial charge in [0.2, 0.25) is 0 Å². The molecule has 1 saturated heterocycles. The van der Waals surface area contributed by atoms with Crippen molar-refractivity contribution in [2.24, 2.45) is 0 Å². The minimum atomic E-state index is -0.217. The number of anilines is 1. The summed E-state index contributed by atoms with van der Waals surface area (Å²) in [4.78, 5) is 14.5. The van der Waals surface area contributed by atoms with Gasteiger partial charge in [-0.15, -0.1) is 0 Å². The lowest BCUT2D eigenvalue weighted by atomic mass is 10.1. The second kappa shape index (κ2) is 8.18. The Bertz CT molecular complexity index is 690. The lowest BCUT2D eigenvalue weighted by Crippen LogP contribution is -2.44. The molecule has 25 heavy (non-hydrogen) atoms. The van der Waals surface area contributed by atoms with Crippen LogP contribution in [-0.2, 0) is 4.74 Å². The number of amides is 2. The molecule has 6 nitrogen and oxygen atoms in total. The Labute approximate surface area is 148 Å². The second-order valence-corrected chi connectivity index (χ2v) is 6.31. The summed E-state index contributed by atoms with van der Waals surface area (Å²) in [6.45, 7) is 7.47. The van der Waals surface area contributed by atoms with E-state index in [1.165, 1.54) is 0 Å². The number of benzene rings is 1. The molecule has 2 N–H and O–H groups in total. The Morgan fingerprint density at radius 1 is 1.12 bits per heavy atom. The smallest absolute Gasteiger partial charge is 0.319 e. The van der Waals surface area contributed by atoms with E-state index in [1.807, 2.05) is 50.2 Å². The van der Waals surface area contributed by atoms with Crippen LogP contribution in [0.1, 0.15) is 23.1 Å². The first-order valence-corrected chi connectivity index (χ1v) is 8.61. The Kier molecular flexibility index (Phi) is 5.73. The Morgan fingerprint density at radius 2 is 1.84 bits per heavy atom. The number of furan rings is 1. The molecule has 0 aliphatic carbocycles. The van der Waals surface area contributed by atoms with Crippen molar-refractivity contribution in [3.05, 3.63) is 53.5 Å². The third kappa shape index (κ3) is 4.84. The van der Waals surface area contributed by atoms with Crippen molar-refractivity contribution in [1.82, 2.24) is 10.2 Å². The lowest BCUT2D eigenvalue weighted by molar-refractivity contribution is 0.0122. The molecule has 0 bridgehead atoms. The summed E-state index contributed by atoms with van der Waals surface area (Å²) < 4.78 is 11.2. The summed E-state index contributed by atoms with van der Waals surface area (Å²) in [5.41, 5.74) is 1.94. The van der Waals surface area contributed by atoms with Crippen molar-refractivity contribution in [3.8, 4) is 0 Å². The van der Waals surface area contributed by atoms with Crippen LogP contribution in [0, 0.1) is 13.8 Å². The fraction of sp³-hybridized carbons (Fsp3) is 0.421. The van der Waals surface area contributed by atoms with Gasteiger partial charge in [0, 0.05) is 25.3 Å². The van der Waals surface area contributed by atoms with E-state index in [0.717, 1.165) is 35.9 Å². The quantitative estimate of drug-likeness (QED) is 0.875. The zero-order chi connectivity index (χ0) is 17.6. The van der Waals surface area contributed by atoms with Crippen LogP contribution in [-0.4, -0.2) is 43.8 Å². The van der Waals surface area contributed by atoms with Gasteiger partial charge in [-0.2, -0.15) is 0 Å². The molecule has 1 aliphatic heterocycles. The van der Waals surface area contributed by atoms with Gasteiger partial charge in [-0.3, -0.25) is 4.90 Å². The van der Waals surface area contributed by atoms with Gasteiger partial charge < -0.3 is 19.8 Å². The molecule has 1 fully saturated rings. The molecule has 0 radical (unpaired) electrons. The molecule has 134 valence electrons. The SMILES string of the molecule is Cc1ccc(NC(=O)NC[C@H](c2ccc(C)o2)N2CCOCC2)cc1. The van der Waals surface area contributed by atoms with E-state index in [-0.39, 0.29) is 12.1 Å². The highest BCUT2D eigenvalue weighted by atomic mass is 16.5. The first kappa shape index (κ1) is 17.5. The molecule has 2 amide bonds. The van der Waals surface area contributed by atoms with Crippen molar-refractivity contribution >= 4 is 11.7 Å². The highest BCUT2D eigenvalue weighted by Gasteiger charge is 2.25. The van der Waals surface area contributed by atoms with Gasteiger partial charge in [-0.1, -0.05) is 17.7 Å². The molecule has 1 aliphatic rings. The van der Waals surface area contributed by atoms with E-state index in [1.54, 1.807) is 0 Å². The molecule has 1 aromatic heterocycles. The van der Waals surface area contributed by atoms with Gasteiger partial charge in [-0.05, 0) is 38.1 Å². The van der Waals surface area contributed by atoms with Crippen LogP contribution in [0.15, 0.2) is 40.8 Å². The summed E-state index contributed by atoms with van der Waals surface area (Å²) in [5, 5.41) is 5.82. The highest BCUT2D eigenvalue weighted by molar-refractivity contribution is 5.89. The highest BCUT2D eigenvalue weighted by Crippen LogP contribution is 2.23. The number of carbonyl (C=O) groups is 1. The number of hydrogen-bond acceptors (Lipinski definition) is 4. The number of urea groups is 1. The van der Waals surface area contributed by atoms with Crippen LogP contribution in [0.25, 0.3) is 0 Å². The Balaban J connectivity index is 1.61. The maximum atomic E-state index is 12.2. The zero-order valence-corrected chi connectivity index (χ0v) is 14.7. The largest absolute Gasteiger partial charge is 0.465 e. The molecule has 0 spiro atoms. The topological polar surface area (TPSA) is 66.7 Å². The van der Waals surface area contributed by atoms with E-state index in [2.05, 4.69) is 15.5 Å². The van der Waals surface area contributed by atoms with Gasteiger partial charge in [0.05, 0.1) is 19.3 Å². The molecule has 1 aromatic carbocycles. The summed E-state index contributed by atoms with van der Waals surface area (Å²) in [7, 11) is 0. The number of rotatable bonds is 5. The number of carbonyl (C=O) groups excluding carboxylic acids is 1. The number of morpholine rings is 1. The molecular weight excluding hydrogens is 318 g/mol. The van der Waals surface area contributed by atoms with Crippen molar-refractivity contribution in [2.75, 3.05) is 38.2 Å². The third-order valence-electron chi connectivity index (χ3n) is 4.34. The van der Waals surface area contributed by atoms with Crippen LogP contribution < -0.4 is 10.6 Å². The van der Waals surface area contributed by atoms with E-state index in [0.29, 0.717) is 19.8 Å². The molecule has 6 heteroatoms. The second-order valence-electron chi connectivity index (χ2n) is 6.31. The molecule has 2 aromatic rings. The lowest BCUT2D eigenvalue weighted by Gasteiger charge is -2.33. The summed E-state index contributed by atoms with van der Waals surface area (Å²) >= 11 is 0. The molecule has 1 atom stereocenters. The first-order chi connectivity index (χ1) is 12.1. The average molecular weight is 343 g/mol. The van der Waals surface area contributed by atoms with Crippen molar-refractivity contribution in [2.45, 2.75) is 19.9 Å². The summed E-state index contributed by atoms with van der Waals surface area (Å²) in [6.07, 6.45) is 0. The Morgan fingerprint density at radius 3 is 2.48 bits per heavy atom. The number of aryl methyl sites for hydroxylation is 2. The van der Waals surface area contributed by atoms with Crippen LogP contribution in [0.2, 0.25) is 0 Å². The van der Waals surface area contributed by atoms with Gasteiger partial charge in [0.25, 0.3) is 0 Å². The van der Waals surface area contributed by atoms with E-state index in [4.69, 9.17) is 9.15 Å². The number of ether oxygens (including phenoxy) is 1. The van der Waals surface area contributed by atoms with Gasteiger partial charge in [-0.25, -0.2) is 4.79 Å². The average Bonchev–Trinajstić information content (AvgIpc) is 3.04. The van der Waals surface area contributed by atoms with Gasteiger partial charge in [0.15, 0.2) is 0 Å². The zero-order valence-electron chi connectivity index (χ0n) is 14.7. The molecule has 0 saturated carbocycles. The van der Waals surface area contributed by atoms with Crippen LogP contribution in [0.3, 0.4) is 0 Å². The summed E-state index contributed by atoms with van der Waals surface area (Å²) in [5.74, 6) is 1.74. The standard InChI is InChI=1S/C19H25N3O3/c1-14-3-6-16(7-4-14)21-19(23)20-13-17(18-8-5-15(2)25-18)22-9-11-24-12-10-22/h3-8,17H,9-13H2,1-2H3,(H2,20,21,23)/t17-/m1/s1. The van der Waals surface area contributed by atoms with Crippen molar-refractivity contribution in [3.63, 3.8) is 0 Å². The third-order valence-corrected chi connectivity index (χ3v) is 4.34. The van der Waals surface area contributed by atoms with Crippen molar-refractivity contribution < 1.29 is 13.9 Å². The molecule has 2 heterocycles. The maximum absolute atomic E-state index is 12.2. The van der Waals surface area contributed by atoms with Crippen LogP contribution in [0.5, 0.6) is 0 Å². The van der Waals surface area contributed by atoms with E-state index >= 15 is 0 Å². The monoisotopic (exact) mass is 343 g/mol. The van der Waals surface area contributed by atoms with E-state index in [9.17, 15) is 4.79 Å². The molecule has 0 unspecified atom stereocenters. The molecule has 3 rings (SSSR count). The minimum Gasteiger partial charge on any atom is -0.465 e. The molecular formula is C19H25N3O3. The normalized spacial score (nSPS) is 16.4. The van der Waals surface area contributed by atoms with Crippen molar-refractivity contribution in [1.29, 1.82) is 0 Å². The number of nitrogens with one attached hydrogen (secondary N) is 2. The summed E-state index contributed by atoms with van der Waals surface area (Å²) in [6, 6.07) is 11.4. The Hall–Kier alpha value is -2.31.